The second kappa shape index (κ2) is 5.79. The van der Waals surface area contributed by atoms with Gasteiger partial charge in [0.25, 0.3) is 5.91 Å². The number of nitrogens with zero attached hydrogens (tertiary/aromatic N) is 4. The Morgan fingerprint density at radius 1 is 1.30 bits per heavy atom. The van der Waals surface area contributed by atoms with Crippen molar-refractivity contribution >= 4 is 22.8 Å². The van der Waals surface area contributed by atoms with Crippen molar-refractivity contribution in [3.8, 4) is 0 Å². The number of hydrogen-bond donors (Lipinski definition) is 1. The maximum Gasteiger partial charge on any atom is 0.257 e. The molecule has 118 valence electrons. The molecule has 0 saturated heterocycles. The maximum atomic E-state index is 12.7. The number of amides is 1. The van der Waals surface area contributed by atoms with E-state index in [0.29, 0.717) is 11.4 Å². The number of carbonyl (C=O) groups is 1. The summed E-state index contributed by atoms with van der Waals surface area (Å²) in [6, 6.07) is 5.71. The zero-order valence-electron chi connectivity index (χ0n) is 13.7. The van der Waals surface area contributed by atoms with Crippen molar-refractivity contribution in [2.24, 2.45) is 0 Å². The molecule has 0 saturated carbocycles. The van der Waals surface area contributed by atoms with E-state index in [4.69, 9.17) is 0 Å². The number of aryl methyl sites for hydroxylation is 2. The first-order valence-electron chi connectivity index (χ1n) is 7.55. The van der Waals surface area contributed by atoms with Gasteiger partial charge >= 0.3 is 0 Å². The molecule has 0 aliphatic rings. The van der Waals surface area contributed by atoms with Gasteiger partial charge < -0.3 is 5.32 Å². The van der Waals surface area contributed by atoms with Crippen LogP contribution < -0.4 is 5.32 Å². The molecule has 6 heteroatoms. The third-order valence-electron chi connectivity index (χ3n) is 3.67. The molecule has 3 rings (SSSR count). The Hall–Kier alpha value is -2.76. The van der Waals surface area contributed by atoms with E-state index < -0.39 is 0 Å². The van der Waals surface area contributed by atoms with Crippen LogP contribution in [0.1, 0.15) is 41.5 Å². The van der Waals surface area contributed by atoms with Gasteiger partial charge in [0.1, 0.15) is 5.82 Å². The molecular weight excluding hydrogens is 290 g/mol. The molecule has 6 nitrogen and oxygen atoms in total. The lowest BCUT2D eigenvalue weighted by molar-refractivity contribution is 0.102. The minimum absolute atomic E-state index is 0.177. The van der Waals surface area contributed by atoms with Crippen molar-refractivity contribution in [1.82, 2.24) is 19.7 Å². The number of carbonyl (C=O) groups excluding carboxylic acids is 1. The zero-order valence-corrected chi connectivity index (χ0v) is 13.7. The molecule has 0 bridgehead atoms. The van der Waals surface area contributed by atoms with Crippen molar-refractivity contribution < 1.29 is 4.79 Å². The molecule has 3 aromatic rings. The lowest BCUT2D eigenvalue weighted by Gasteiger charge is -2.10. The first-order chi connectivity index (χ1) is 11.0. The third-order valence-corrected chi connectivity index (χ3v) is 3.67. The summed E-state index contributed by atoms with van der Waals surface area (Å²) < 4.78 is 1.82. The number of nitrogens with one attached hydrogen (secondary N) is 1. The molecule has 0 fully saturated rings. The van der Waals surface area contributed by atoms with Crippen LogP contribution in [0.2, 0.25) is 0 Å². The van der Waals surface area contributed by atoms with Crippen LogP contribution in [0.3, 0.4) is 0 Å². The van der Waals surface area contributed by atoms with Gasteiger partial charge in [0.15, 0.2) is 5.65 Å². The Morgan fingerprint density at radius 3 is 2.78 bits per heavy atom. The second-order valence-electron chi connectivity index (χ2n) is 5.85. The SMILES string of the molecule is Cc1cc(C(=O)Nc2ncccc2C)c2cnn(C(C)C)c2n1. The highest BCUT2D eigenvalue weighted by atomic mass is 16.1. The molecule has 0 aliphatic heterocycles. The van der Waals surface area contributed by atoms with Gasteiger partial charge in [0, 0.05) is 17.9 Å². The van der Waals surface area contributed by atoms with Gasteiger partial charge in [0.2, 0.25) is 0 Å². The van der Waals surface area contributed by atoms with Gasteiger partial charge in [-0.1, -0.05) is 6.07 Å². The molecule has 0 spiro atoms. The Bertz CT molecular complexity index is 882. The Kier molecular flexibility index (Phi) is 3.82. The fourth-order valence-corrected chi connectivity index (χ4v) is 2.50. The topological polar surface area (TPSA) is 72.7 Å². The summed E-state index contributed by atoms with van der Waals surface area (Å²) in [4.78, 5) is 21.4. The van der Waals surface area contributed by atoms with E-state index in [1.807, 2.05) is 44.5 Å². The highest BCUT2D eigenvalue weighted by Crippen LogP contribution is 2.22. The minimum Gasteiger partial charge on any atom is -0.306 e. The van der Waals surface area contributed by atoms with E-state index >= 15 is 0 Å². The molecule has 0 atom stereocenters. The first kappa shape index (κ1) is 15.1. The molecule has 0 aliphatic carbocycles. The van der Waals surface area contributed by atoms with Crippen LogP contribution in [-0.2, 0) is 0 Å². The third kappa shape index (κ3) is 2.79. The lowest BCUT2D eigenvalue weighted by Crippen LogP contribution is -2.15. The van der Waals surface area contributed by atoms with E-state index in [-0.39, 0.29) is 11.9 Å². The summed E-state index contributed by atoms with van der Waals surface area (Å²) in [5.74, 6) is 0.363. The fraction of sp³-hybridized carbons (Fsp3) is 0.294. The van der Waals surface area contributed by atoms with Crippen LogP contribution in [0.25, 0.3) is 11.0 Å². The van der Waals surface area contributed by atoms with Crippen LogP contribution in [0.5, 0.6) is 0 Å². The quantitative estimate of drug-likeness (QED) is 0.806. The van der Waals surface area contributed by atoms with Crippen LogP contribution in [0.15, 0.2) is 30.6 Å². The number of anilines is 1. The van der Waals surface area contributed by atoms with E-state index in [0.717, 1.165) is 22.3 Å². The Morgan fingerprint density at radius 2 is 2.09 bits per heavy atom. The number of rotatable bonds is 3. The predicted octanol–water partition coefficient (Wildman–Crippen LogP) is 3.28. The van der Waals surface area contributed by atoms with Crippen molar-refractivity contribution in [2.75, 3.05) is 5.32 Å². The van der Waals surface area contributed by atoms with Crippen molar-refractivity contribution in [3.63, 3.8) is 0 Å². The van der Waals surface area contributed by atoms with Gasteiger partial charge in [-0.2, -0.15) is 5.10 Å². The minimum atomic E-state index is -0.203. The second-order valence-corrected chi connectivity index (χ2v) is 5.85. The van der Waals surface area contributed by atoms with Crippen LogP contribution in [0, 0.1) is 13.8 Å². The largest absolute Gasteiger partial charge is 0.306 e. The number of fused-ring (bicyclic) bond motifs is 1. The lowest BCUT2D eigenvalue weighted by atomic mass is 10.1. The molecular formula is C17H19N5O. The highest BCUT2D eigenvalue weighted by molar-refractivity contribution is 6.11. The van der Waals surface area contributed by atoms with Gasteiger partial charge in [-0.15, -0.1) is 0 Å². The first-order valence-corrected chi connectivity index (χ1v) is 7.55. The molecule has 0 radical (unpaired) electrons. The van der Waals surface area contributed by atoms with Crippen LogP contribution >= 0.6 is 0 Å². The molecule has 3 heterocycles. The molecule has 1 amide bonds. The molecule has 1 N–H and O–H groups in total. The summed E-state index contributed by atoms with van der Waals surface area (Å²) in [5.41, 5.74) is 2.98. The standard InChI is InChI=1S/C17H19N5O/c1-10(2)22-16-14(9-19-22)13(8-12(4)20-16)17(23)21-15-11(3)6-5-7-18-15/h5-10H,1-4H3,(H,18,21,23). The molecule has 0 aromatic carbocycles. The number of hydrogen-bond acceptors (Lipinski definition) is 4. The van der Waals surface area contributed by atoms with E-state index in [2.05, 4.69) is 20.4 Å². The number of aromatic nitrogens is 4. The summed E-state index contributed by atoms with van der Waals surface area (Å²) >= 11 is 0. The van der Waals surface area contributed by atoms with Crippen molar-refractivity contribution in [2.45, 2.75) is 33.7 Å². The average Bonchev–Trinajstić information content (AvgIpc) is 2.92. The monoisotopic (exact) mass is 309 g/mol. The molecule has 23 heavy (non-hydrogen) atoms. The van der Waals surface area contributed by atoms with Crippen molar-refractivity contribution in [3.05, 3.63) is 47.4 Å². The Labute approximate surface area is 134 Å². The van der Waals surface area contributed by atoms with Crippen LogP contribution in [-0.4, -0.2) is 25.7 Å². The molecule has 3 aromatic heterocycles. The number of pyridine rings is 2. The van der Waals surface area contributed by atoms with Gasteiger partial charge in [-0.3, -0.25) is 4.79 Å². The van der Waals surface area contributed by atoms with E-state index in [1.54, 1.807) is 18.5 Å². The van der Waals surface area contributed by atoms with Gasteiger partial charge in [0.05, 0.1) is 17.1 Å². The molecule has 0 unspecified atom stereocenters. The normalized spacial score (nSPS) is 11.2. The van der Waals surface area contributed by atoms with Gasteiger partial charge in [-0.25, -0.2) is 14.6 Å². The summed E-state index contributed by atoms with van der Waals surface area (Å²) in [6.45, 7) is 7.85. The average molecular weight is 309 g/mol. The van der Waals surface area contributed by atoms with Crippen molar-refractivity contribution in [1.29, 1.82) is 0 Å². The zero-order chi connectivity index (χ0) is 16.6. The smallest absolute Gasteiger partial charge is 0.257 e. The van der Waals surface area contributed by atoms with Gasteiger partial charge in [-0.05, 0) is 45.4 Å². The predicted molar refractivity (Wildman–Crippen MR) is 89.6 cm³/mol. The van der Waals surface area contributed by atoms with E-state index in [1.165, 1.54) is 0 Å². The summed E-state index contributed by atoms with van der Waals surface area (Å²) in [7, 11) is 0. The summed E-state index contributed by atoms with van der Waals surface area (Å²) in [5, 5.41) is 7.98. The highest BCUT2D eigenvalue weighted by Gasteiger charge is 2.17. The fourth-order valence-electron chi connectivity index (χ4n) is 2.50. The van der Waals surface area contributed by atoms with Crippen LogP contribution in [0.4, 0.5) is 5.82 Å². The summed E-state index contributed by atoms with van der Waals surface area (Å²) in [6.07, 6.45) is 3.36. The Balaban J connectivity index is 2.05. The maximum absolute atomic E-state index is 12.7. The van der Waals surface area contributed by atoms with E-state index in [9.17, 15) is 4.79 Å².